The maximum absolute atomic E-state index is 13.0. The number of para-hydroxylation sites is 1. The summed E-state index contributed by atoms with van der Waals surface area (Å²) in [5, 5.41) is 0.667. The second-order valence-electron chi connectivity index (χ2n) is 7.18. The fraction of sp³-hybridized carbons (Fsp3) is 0.381. The molecule has 0 aromatic heterocycles. The summed E-state index contributed by atoms with van der Waals surface area (Å²) in [6.45, 7) is 3.30. The molecule has 1 amide bonds. The molecule has 6 nitrogen and oxygen atoms in total. The monoisotopic (exact) mass is 436 g/mol. The van der Waals surface area contributed by atoms with E-state index in [1.807, 2.05) is 24.3 Å². The van der Waals surface area contributed by atoms with Crippen molar-refractivity contribution < 1.29 is 17.9 Å². The van der Waals surface area contributed by atoms with Gasteiger partial charge in [0.2, 0.25) is 0 Å². The summed E-state index contributed by atoms with van der Waals surface area (Å²) in [4.78, 5) is 16.9. The Hall–Kier alpha value is -2.09. The van der Waals surface area contributed by atoms with Crippen molar-refractivity contribution >= 4 is 27.3 Å². The molecule has 3 rings (SSSR count). The van der Waals surface area contributed by atoms with Crippen LogP contribution in [-0.4, -0.2) is 68.9 Å². The third-order valence-electron chi connectivity index (χ3n) is 4.86. The van der Waals surface area contributed by atoms with E-state index >= 15 is 0 Å². The molecular formula is C21H25ClN2O4S. The van der Waals surface area contributed by atoms with Crippen LogP contribution in [0.3, 0.4) is 0 Å². The van der Waals surface area contributed by atoms with Gasteiger partial charge in [-0.25, -0.2) is 8.42 Å². The summed E-state index contributed by atoms with van der Waals surface area (Å²) >= 11 is 5.91. The Kier molecular flexibility index (Phi) is 7.16. The molecule has 0 unspecified atom stereocenters. The molecule has 29 heavy (non-hydrogen) atoms. The molecule has 1 aliphatic rings. The van der Waals surface area contributed by atoms with Crippen LogP contribution >= 0.6 is 11.6 Å². The molecule has 0 N–H and O–H groups in total. The second-order valence-corrected chi connectivity index (χ2v) is 9.87. The highest BCUT2D eigenvalue weighted by Crippen LogP contribution is 2.22. The van der Waals surface area contributed by atoms with Gasteiger partial charge in [0, 0.05) is 44.0 Å². The quantitative estimate of drug-likeness (QED) is 0.667. The van der Waals surface area contributed by atoms with E-state index in [1.54, 1.807) is 29.2 Å². The van der Waals surface area contributed by atoms with E-state index < -0.39 is 9.84 Å². The first kappa shape index (κ1) is 21.6. The molecule has 1 saturated heterocycles. The van der Waals surface area contributed by atoms with Crippen molar-refractivity contribution in [1.29, 1.82) is 0 Å². The number of carbonyl (C=O) groups excluding carboxylic acids is 1. The van der Waals surface area contributed by atoms with Gasteiger partial charge in [0.25, 0.3) is 5.91 Å². The molecule has 1 heterocycles. The third-order valence-corrected chi connectivity index (χ3v) is 6.04. The molecule has 0 bridgehead atoms. The van der Waals surface area contributed by atoms with Crippen LogP contribution in [0.2, 0.25) is 5.02 Å². The highest BCUT2D eigenvalue weighted by Gasteiger charge is 2.24. The lowest BCUT2D eigenvalue weighted by atomic mass is 10.1. The second kappa shape index (κ2) is 9.61. The molecule has 156 valence electrons. The van der Waals surface area contributed by atoms with E-state index in [4.69, 9.17) is 16.3 Å². The Morgan fingerprint density at radius 2 is 1.69 bits per heavy atom. The van der Waals surface area contributed by atoms with Crippen molar-refractivity contribution in [2.45, 2.75) is 6.61 Å². The number of ether oxygens (including phenoxy) is 1. The number of benzene rings is 2. The average molecular weight is 437 g/mol. The van der Waals surface area contributed by atoms with Gasteiger partial charge < -0.3 is 9.64 Å². The topological polar surface area (TPSA) is 66.9 Å². The van der Waals surface area contributed by atoms with Gasteiger partial charge in [-0.05, 0) is 29.8 Å². The number of amides is 1. The molecule has 2 aromatic rings. The number of piperazine rings is 1. The highest BCUT2D eigenvalue weighted by atomic mass is 35.5. The van der Waals surface area contributed by atoms with Crippen LogP contribution in [0.15, 0.2) is 48.5 Å². The molecule has 1 fully saturated rings. The number of hydrogen-bond acceptors (Lipinski definition) is 5. The summed E-state index contributed by atoms with van der Waals surface area (Å²) in [6.07, 6.45) is 1.24. The van der Waals surface area contributed by atoms with Crippen molar-refractivity contribution in [1.82, 2.24) is 9.80 Å². The van der Waals surface area contributed by atoms with Crippen LogP contribution in [0.25, 0.3) is 0 Å². The fourth-order valence-electron chi connectivity index (χ4n) is 3.15. The Morgan fingerprint density at radius 1 is 1.03 bits per heavy atom. The zero-order chi connectivity index (χ0) is 20.9. The predicted octanol–water partition coefficient (Wildman–Crippen LogP) is 2.72. The van der Waals surface area contributed by atoms with Crippen molar-refractivity contribution in [2.75, 3.05) is 44.7 Å². The Balaban J connectivity index is 1.59. The normalized spacial score (nSPS) is 15.3. The van der Waals surface area contributed by atoms with Gasteiger partial charge in [-0.15, -0.1) is 0 Å². The summed E-state index contributed by atoms with van der Waals surface area (Å²) in [5.74, 6) is 0.619. The summed E-state index contributed by atoms with van der Waals surface area (Å²) in [6, 6.07) is 14.6. The number of nitrogens with zero attached hydrogens (tertiary/aromatic N) is 2. The van der Waals surface area contributed by atoms with E-state index in [0.717, 1.165) is 5.56 Å². The molecule has 0 atom stereocenters. The lowest BCUT2D eigenvalue weighted by Gasteiger charge is -2.34. The van der Waals surface area contributed by atoms with Crippen LogP contribution in [0.4, 0.5) is 0 Å². The number of sulfone groups is 1. The van der Waals surface area contributed by atoms with Gasteiger partial charge in [0.1, 0.15) is 22.2 Å². The first-order valence-electron chi connectivity index (χ1n) is 9.47. The van der Waals surface area contributed by atoms with Gasteiger partial charge in [-0.2, -0.15) is 0 Å². The van der Waals surface area contributed by atoms with Crippen molar-refractivity contribution in [3.8, 4) is 5.75 Å². The molecule has 8 heteroatoms. The molecule has 0 radical (unpaired) electrons. The number of carbonyl (C=O) groups is 1. The zero-order valence-corrected chi connectivity index (χ0v) is 18.0. The molecular weight excluding hydrogens is 412 g/mol. The summed E-state index contributed by atoms with van der Waals surface area (Å²) < 4.78 is 28.6. The van der Waals surface area contributed by atoms with Crippen molar-refractivity contribution in [3.05, 3.63) is 64.7 Å². The average Bonchev–Trinajstić information content (AvgIpc) is 2.71. The summed E-state index contributed by atoms with van der Waals surface area (Å²) in [7, 11) is -2.98. The molecule has 0 aliphatic carbocycles. The smallest absolute Gasteiger partial charge is 0.257 e. The third kappa shape index (κ3) is 6.45. The fourth-order valence-corrected chi connectivity index (χ4v) is 3.87. The number of halogens is 1. The largest absolute Gasteiger partial charge is 0.488 e. The predicted molar refractivity (Wildman–Crippen MR) is 114 cm³/mol. The standard InChI is InChI=1S/C21H25ClN2O4S/c1-29(26,27)15-14-23-10-12-24(13-11-23)21(25)19-4-2-3-5-20(19)28-16-17-6-8-18(22)9-7-17/h2-9H,10-16H2,1H3. The van der Waals surface area contributed by atoms with Crippen molar-refractivity contribution in [2.24, 2.45) is 0 Å². The number of hydrogen-bond donors (Lipinski definition) is 0. The summed E-state index contributed by atoms with van der Waals surface area (Å²) in [5.41, 5.74) is 1.50. The molecule has 0 spiro atoms. The van der Waals surface area contributed by atoms with Gasteiger partial charge in [-0.1, -0.05) is 35.9 Å². The maximum atomic E-state index is 13.0. The van der Waals surface area contributed by atoms with Gasteiger partial charge in [0.05, 0.1) is 11.3 Å². The van der Waals surface area contributed by atoms with Gasteiger partial charge in [0.15, 0.2) is 0 Å². The minimum Gasteiger partial charge on any atom is -0.488 e. The minimum absolute atomic E-state index is 0.0699. The Morgan fingerprint density at radius 3 is 2.34 bits per heavy atom. The van der Waals surface area contributed by atoms with E-state index in [-0.39, 0.29) is 11.7 Å². The lowest BCUT2D eigenvalue weighted by Crippen LogP contribution is -2.49. The van der Waals surface area contributed by atoms with Crippen LogP contribution in [0, 0.1) is 0 Å². The Bertz CT molecular complexity index is 939. The van der Waals surface area contributed by atoms with E-state index in [1.165, 1.54) is 6.26 Å². The van der Waals surface area contributed by atoms with Crippen LogP contribution in [0.5, 0.6) is 5.75 Å². The first-order valence-corrected chi connectivity index (χ1v) is 11.9. The Labute approximate surface area is 176 Å². The van der Waals surface area contributed by atoms with Gasteiger partial charge >= 0.3 is 0 Å². The van der Waals surface area contributed by atoms with Crippen LogP contribution < -0.4 is 4.74 Å². The minimum atomic E-state index is -2.98. The first-order chi connectivity index (χ1) is 13.8. The van der Waals surface area contributed by atoms with Crippen LogP contribution in [0.1, 0.15) is 15.9 Å². The highest BCUT2D eigenvalue weighted by molar-refractivity contribution is 7.90. The molecule has 1 aliphatic heterocycles. The van der Waals surface area contributed by atoms with E-state index in [9.17, 15) is 13.2 Å². The molecule has 0 saturated carbocycles. The SMILES string of the molecule is CS(=O)(=O)CCN1CCN(C(=O)c2ccccc2OCc2ccc(Cl)cc2)CC1. The maximum Gasteiger partial charge on any atom is 0.257 e. The van der Waals surface area contributed by atoms with E-state index in [2.05, 4.69) is 4.90 Å². The van der Waals surface area contributed by atoms with E-state index in [0.29, 0.717) is 55.7 Å². The van der Waals surface area contributed by atoms with Crippen LogP contribution in [-0.2, 0) is 16.4 Å². The molecule has 2 aromatic carbocycles. The zero-order valence-electron chi connectivity index (χ0n) is 16.4. The number of rotatable bonds is 7. The van der Waals surface area contributed by atoms with Crippen molar-refractivity contribution in [3.63, 3.8) is 0 Å². The lowest BCUT2D eigenvalue weighted by molar-refractivity contribution is 0.0639. The van der Waals surface area contributed by atoms with Gasteiger partial charge in [-0.3, -0.25) is 9.69 Å².